The van der Waals surface area contributed by atoms with Gasteiger partial charge >= 0.3 is 0 Å². The van der Waals surface area contributed by atoms with Gasteiger partial charge in [0.15, 0.2) is 0 Å². The van der Waals surface area contributed by atoms with E-state index in [1.54, 1.807) is 0 Å². The number of para-hydroxylation sites is 1. The normalized spacial score (nSPS) is 10.4. The van der Waals surface area contributed by atoms with E-state index in [1.807, 2.05) is 30.9 Å². The Morgan fingerprint density at radius 3 is 2.50 bits per heavy atom. The first-order chi connectivity index (χ1) is 10.4. The number of aromatic nitrogens is 1. The molecule has 1 aromatic heterocycles. The Hall–Kier alpha value is -1.55. The molecule has 2 nitrogen and oxygen atoms in total. The molecule has 2 aromatic carbocycles. The minimum atomic E-state index is 0. The van der Waals surface area contributed by atoms with Gasteiger partial charge in [-0.15, -0.1) is 24.2 Å². The van der Waals surface area contributed by atoms with Crippen molar-refractivity contribution in [3.05, 3.63) is 60.7 Å². The van der Waals surface area contributed by atoms with Gasteiger partial charge in [-0.1, -0.05) is 48.5 Å². The van der Waals surface area contributed by atoms with Gasteiger partial charge in [-0.05, 0) is 24.7 Å². The number of pyridine rings is 1. The first-order valence-corrected chi connectivity index (χ1v) is 8.09. The van der Waals surface area contributed by atoms with Crippen LogP contribution in [0.5, 0.6) is 0 Å². The van der Waals surface area contributed by atoms with E-state index >= 15 is 0 Å². The molecule has 1 N–H and O–H groups in total. The lowest BCUT2D eigenvalue weighted by Gasteiger charge is -2.10. The fourth-order valence-corrected chi connectivity index (χ4v) is 3.28. The standard InChI is InChI=1S/C18H18N2S.ClH/c1-19-11-12-21-18-16(14-7-3-2-4-8-14)13-15-9-5-6-10-17(15)20-18;/h2-10,13,19H,11-12H2,1H3;1H. The van der Waals surface area contributed by atoms with Crippen LogP contribution < -0.4 is 5.32 Å². The van der Waals surface area contributed by atoms with Crippen LogP contribution >= 0.6 is 24.2 Å². The zero-order valence-electron chi connectivity index (χ0n) is 12.5. The summed E-state index contributed by atoms with van der Waals surface area (Å²) in [4.78, 5) is 4.86. The minimum absolute atomic E-state index is 0. The molecule has 3 rings (SSSR count). The second-order valence-corrected chi connectivity index (χ2v) is 5.94. The van der Waals surface area contributed by atoms with Crippen molar-refractivity contribution in [1.82, 2.24) is 10.3 Å². The Balaban J connectivity index is 0.00000176. The molecule has 0 saturated carbocycles. The van der Waals surface area contributed by atoms with Gasteiger partial charge in [0.1, 0.15) is 5.03 Å². The Labute approximate surface area is 141 Å². The zero-order chi connectivity index (χ0) is 14.5. The molecular weight excluding hydrogens is 312 g/mol. The van der Waals surface area contributed by atoms with Crippen LogP contribution in [0.2, 0.25) is 0 Å². The molecule has 0 aliphatic rings. The Morgan fingerprint density at radius 2 is 1.73 bits per heavy atom. The van der Waals surface area contributed by atoms with Gasteiger partial charge in [0, 0.05) is 23.2 Å². The average Bonchev–Trinajstić information content (AvgIpc) is 2.55. The Kier molecular flexibility index (Phi) is 6.25. The summed E-state index contributed by atoms with van der Waals surface area (Å²) >= 11 is 1.81. The first-order valence-electron chi connectivity index (χ1n) is 7.11. The molecule has 0 aliphatic carbocycles. The highest BCUT2D eigenvalue weighted by atomic mass is 35.5. The van der Waals surface area contributed by atoms with Gasteiger partial charge in [0.25, 0.3) is 0 Å². The molecule has 3 aromatic rings. The molecule has 0 spiro atoms. The van der Waals surface area contributed by atoms with Gasteiger partial charge < -0.3 is 5.32 Å². The molecular formula is C18H19ClN2S. The first kappa shape index (κ1) is 16.8. The van der Waals surface area contributed by atoms with E-state index in [2.05, 4.69) is 53.8 Å². The lowest BCUT2D eigenvalue weighted by atomic mass is 10.1. The molecule has 0 saturated heterocycles. The minimum Gasteiger partial charge on any atom is -0.319 e. The fourth-order valence-electron chi connectivity index (χ4n) is 2.28. The number of benzene rings is 2. The molecule has 114 valence electrons. The smallest absolute Gasteiger partial charge is 0.105 e. The van der Waals surface area contributed by atoms with E-state index in [1.165, 1.54) is 16.5 Å². The van der Waals surface area contributed by atoms with Crippen LogP contribution in [0.4, 0.5) is 0 Å². The number of rotatable bonds is 5. The van der Waals surface area contributed by atoms with Crippen molar-refractivity contribution in [1.29, 1.82) is 0 Å². The molecule has 0 unspecified atom stereocenters. The van der Waals surface area contributed by atoms with Gasteiger partial charge in [0.2, 0.25) is 0 Å². The molecule has 0 radical (unpaired) electrons. The maximum atomic E-state index is 4.86. The summed E-state index contributed by atoms with van der Waals surface area (Å²) in [5.74, 6) is 1.02. The zero-order valence-corrected chi connectivity index (χ0v) is 14.1. The van der Waals surface area contributed by atoms with Crippen molar-refractivity contribution >= 4 is 35.1 Å². The van der Waals surface area contributed by atoms with Crippen molar-refractivity contribution in [3.63, 3.8) is 0 Å². The maximum Gasteiger partial charge on any atom is 0.105 e. The number of fused-ring (bicyclic) bond motifs is 1. The van der Waals surface area contributed by atoms with Crippen LogP contribution in [0.15, 0.2) is 65.7 Å². The van der Waals surface area contributed by atoms with Gasteiger partial charge in [-0.3, -0.25) is 0 Å². The van der Waals surface area contributed by atoms with Gasteiger partial charge in [0.05, 0.1) is 5.52 Å². The molecule has 0 fully saturated rings. The maximum absolute atomic E-state index is 4.86. The van der Waals surface area contributed by atoms with E-state index < -0.39 is 0 Å². The monoisotopic (exact) mass is 330 g/mol. The largest absolute Gasteiger partial charge is 0.319 e. The van der Waals surface area contributed by atoms with E-state index in [0.717, 1.165) is 22.8 Å². The highest BCUT2D eigenvalue weighted by Crippen LogP contribution is 2.32. The molecule has 22 heavy (non-hydrogen) atoms. The summed E-state index contributed by atoms with van der Waals surface area (Å²) in [7, 11) is 1.98. The van der Waals surface area contributed by atoms with Crippen LogP contribution in [0.3, 0.4) is 0 Å². The molecule has 0 aliphatic heterocycles. The summed E-state index contributed by atoms with van der Waals surface area (Å²) in [6.45, 7) is 0.980. The number of nitrogens with zero attached hydrogens (tertiary/aromatic N) is 1. The topological polar surface area (TPSA) is 24.9 Å². The average molecular weight is 331 g/mol. The molecule has 0 amide bonds. The molecule has 4 heteroatoms. The second-order valence-electron chi connectivity index (χ2n) is 4.85. The highest BCUT2D eigenvalue weighted by molar-refractivity contribution is 7.99. The van der Waals surface area contributed by atoms with Crippen LogP contribution in [0, 0.1) is 0 Å². The van der Waals surface area contributed by atoms with Crippen molar-refractivity contribution in [2.75, 3.05) is 19.3 Å². The summed E-state index contributed by atoms with van der Waals surface area (Å²) in [5, 5.41) is 5.48. The lowest BCUT2D eigenvalue weighted by Crippen LogP contribution is -2.09. The lowest BCUT2D eigenvalue weighted by molar-refractivity contribution is 0.871. The number of hydrogen-bond donors (Lipinski definition) is 1. The van der Waals surface area contributed by atoms with Crippen molar-refractivity contribution < 1.29 is 0 Å². The number of thioether (sulfide) groups is 1. The summed E-state index contributed by atoms with van der Waals surface area (Å²) in [6.07, 6.45) is 0. The third-order valence-corrected chi connectivity index (χ3v) is 4.36. The van der Waals surface area contributed by atoms with Gasteiger partial charge in [-0.25, -0.2) is 4.98 Å². The van der Waals surface area contributed by atoms with E-state index in [-0.39, 0.29) is 12.4 Å². The third kappa shape index (κ3) is 3.80. The SMILES string of the molecule is CNCCSc1nc2ccccc2cc1-c1ccccc1.Cl. The van der Waals surface area contributed by atoms with Crippen LogP contribution in [-0.4, -0.2) is 24.3 Å². The van der Waals surface area contributed by atoms with Crippen LogP contribution in [0.25, 0.3) is 22.0 Å². The van der Waals surface area contributed by atoms with Crippen molar-refractivity contribution in [2.45, 2.75) is 5.03 Å². The fraction of sp³-hybridized carbons (Fsp3) is 0.167. The Morgan fingerprint density at radius 1 is 1.00 bits per heavy atom. The molecule has 1 heterocycles. The number of nitrogens with one attached hydrogen (secondary N) is 1. The van der Waals surface area contributed by atoms with E-state index in [4.69, 9.17) is 4.98 Å². The summed E-state index contributed by atoms with van der Waals surface area (Å²) in [6, 6.07) is 21.0. The number of hydrogen-bond acceptors (Lipinski definition) is 3. The highest BCUT2D eigenvalue weighted by Gasteiger charge is 2.09. The van der Waals surface area contributed by atoms with Crippen LogP contribution in [-0.2, 0) is 0 Å². The predicted molar refractivity (Wildman–Crippen MR) is 99.1 cm³/mol. The van der Waals surface area contributed by atoms with Crippen LogP contribution in [0.1, 0.15) is 0 Å². The quantitative estimate of drug-likeness (QED) is 0.545. The predicted octanol–water partition coefficient (Wildman–Crippen LogP) is 4.64. The third-order valence-electron chi connectivity index (χ3n) is 3.36. The second kappa shape index (κ2) is 8.18. The van der Waals surface area contributed by atoms with E-state index in [0.29, 0.717) is 0 Å². The van der Waals surface area contributed by atoms with Crippen molar-refractivity contribution in [3.8, 4) is 11.1 Å². The summed E-state index contributed by atoms with van der Waals surface area (Å²) < 4.78 is 0. The summed E-state index contributed by atoms with van der Waals surface area (Å²) in [5.41, 5.74) is 3.50. The number of halogens is 1. The van der Waals surface area contributed by atoms with Gasteiger partial charge in [-0.2, -0.15) is 0 Å². The molecule has 0 atom stereocenters. The van der Waals surface area contributed by atoms with Crippen molar-refractivity contribution in [2.24, 2.45) is 0 Å². The van der Waals surface area contributed by atoms with E-state index in [9.17, 15) is 0 Å². The molecule has 0 bridgehead atoms. The Bertz CT molecular complexity index is 731.